The number of para-hydroxylation sites is 1. The maximum Gasteiger partial charge on any atom is 0.270 e. The van der Waals surface area contributed by atoms with Gasteiger partial charge in [0.1, 0.15) is 5.69 Å². The zero-order chi connectivity index (χ0) is 14.5. The van der Waals surface area contributed by atoms with Gasteiger partial charge in [-0.25, -0.2) is 0 Å². The van der Waals surface area contributed by atoms with Gasteiger partial charge in [0, 0.05) is 23.5 Å². The van der Waals surface area contributed by atoms with E-state index in [9.17, 15) is 9.90 Å². The lowest BCUT2D eigenvalue weighted by molar-refractivity contribution is 0.0617. The minimum atomic E-state index is -0.0380. The van der Waals surface area contributed by atoms with Crippen molar-refractivity contribution in [3.05, 3.63) is 36.0 Å². The molecule has 1 aromatic carbocycles. The number of nitrogens with one attached hydrogen (secondary N) is 1. The number of aliphatic hydroxyl groups is 1. The third-order valence-electron chi connectivity index (χ3n) is 3.75. The highest BCUT2D eigenvalue weighted by Crippen LogP contribution is 2.18. The van der Waals surface area contributed by atoms with Crippen molar-refractivity contribution in [1.29, 1.82) is 0 Å². The van der Waals surface area contributed by atoms with Crippen molar-refractivity contribution in [2.45, 2.75) is 32.7 Å². The van der Waals surface area contributed by atoms with Crippen LogP contribution in [-0.2, 0) is 0 Å². The average molecular weight is 274 g/mol. The molecule has 108 valence electrons. The normalized spacial score (nSPS) is 11.2. The summed E-state index contributed by atoms with van der Waals surface area (Å²) in [4.78, 5) is 17.6. The van der Waals surface area contributed by atoms with Crippen LogP contribution in [-0.4, -0.2) is 40.1 Å². The number of rotatable bonds is 6. The van der Waals surface area contributed by atoms with E-state index in [1.54, 1.807) is 4.90 Å². The first-order chi connectivity index (χ1) is 9.71. The molecule has 0 aliphatic heterocycles. The Balaban J connectivity index is 2.30. The number of benzene rings is 1. The number of carbonyl (C=O) groups excluding carboxylic acids is 1. The number of aromatic amines is 1. The highest BCUT2D eigenvalue weighted by Gasteiger charge is 2.23. The average Bonchev–Trinajstić information content (AvgIpc) is 2.90. The van der Waals surface area contributed by atoms with Gasteiger partial charge in [0.2, 0.25) is 0 Å². The van der Waals surface area contributed by atoms with Crippen LogP contribution in [0.25, 0.3) is 10.9 Å². The summed E-state index contributed by atoms with van der Waals surface area (Å²) in [6.07, 6.45) is 1.78. The van der Waals surface area contributed by atoms with Crippen LogP contribution in [0.15, 0.2) is 30.3 Å². The van der Waals surface area contributed by atoms with Gasteiger partial charge in [-0.3, -0.25) is 4.79 Å². The molecule has 1 heterocycles. The SMILES string of the molecule is CCC(CC)N(CCO)C(=O)c1cc2ccccc2[nH]1. The van der Waals surface area contributed by atoms with Crippen LogP contribution in [0.3, 0.4) is 0 Å². The Kier molecular flexibility index (Phi) is 4.79. The number of amides is 1. The third-order valence-corrected chi connectivity index (χ3v) is 3.75. The fourth-order valence-electron chi connectivity index (χ4n) is 2.63. The monoisotopic (exact) mass is 274 g/mol. The lowest BCUT2D eigenvalue weighted by Crippen LogP contribution is -2.41. The van der Waals surface area contributed by atoms with Crippen LogP contribution in [0.4, 0.5) is 0 Å². The molecule has 2 N–H and O–H groups in total. The van der Waals surface area contributed by atoms with E-state index < -0.39 is 0 Å². The van der Waals surface area contributed by atoms with Gasteiger partial charge in [-0.05, 0) is 25.0 Å². The van der Waals surface area contributed by atoms with Crippen molar-refractivity contribution >= 4 is 16.8 Å². The molecule has 4 heteroatoms. The number of nitrogens with zero attached hydrogens (tertiary/aromatic N) is 1. The molecular formula is C16H22N2O2. The topological polar surface area (TPSA) is 56.3 Å². The molecule has 0 aliphatic carbocycles. The lowest BCUT2D eigenvalue weighted by atomic mass is 10.1. The summed E-state index contributed by atoms with van der Waals surface area (Å²) in [5.41, 5.74) is 1.55. The summed E-state index contributed by atoms with van der Waals surface area (Å²) in [6.45, 7) is 4.50. The summed E-state index contributed by atoms with van der Waals surface area (Å²) < 4.78 is 0. The minimum Gasteiger partial charge on any atom is -0.395 e. The van der Waals surface area contributed by atoms with E-state index in [-0.39, 0.29) is 18.6 Å². The van der Waals surface area contributed by atoms with Crippen LogP contribution in [0.1, 0.15) is 37.2 Å². The third kappa shape index (κ3) is 2.85. The van der Waals surface area contributed by atoms with E-state index in [2.05, 4.69) is 18.8 Å². The molecule has 0 fully saturated rings. The Hall–Kier alpha value is -1.81. The Labute approximate surface area is 119 Å². The van der Waals surface area contributed by atoms with Gasteiger partial charge >= 0.3 is 0 Å². The van der Waals surface area contributed by atoms with E-state index in [0.29, 0.717) is 12.2 Å². The molecule has 20 heavy (non-hydrogen) atoms. The van der Waals surface area contributed by atoms with Gasteiger partial charge in [-0.2, -0.15) is 0 Å². The van der Waals surface area contributed by atoms with E-state index in [1.165, 1.54) is 0 Å². The summed E-state index contributed by atoms with van der Waals surface area (Å²) >= 11 is 0. The van der Waals surface area contributed by atoms with Gasteiger partial charge in [0.25, 0.3) is 5.91 Å². The lowest BCUT2D eigenvalue weighted by Gasteiger charge is -2.29. The van der Waals surface area contributed by atoms with E-state index in [4.69, 9.17) is 0 Å². The molecule has 0 bridgehead atoms. The van der Waals surface area contributed by atoms with Crippen LogP contribution in [0.2, 0.25) is 0 Å². The summed E-state index contributed by atoms with van der Waals surface area (Å²) in [5, 5.41) is 10.2. The maximum atomic E-state index is 12.6. The number of hydrogen-bond acceptors (Lipinski definition) is 2. The predicted molar refractivity (Wildman–Crippen MR) is 80.8 cm³/mol. The van der Waals surface area contributed by atoms with Gasteiger partial charge in [-0.15, -0.1) is 0 Å². The number of H-pyrrole nitrogens is 1. The molecule has 0 saturated carbocycles. The molecule has 0 aliphatic rings. The highest BCUT2D eigenvalue weighted by molar-refractivity contribution is 5.98. The van der Waals surface area contributed by atoms with Gasteiger partial charge < -0.3 is 15.0 Å². The molecule has 1 amide bonds. The molecule has 2 rings (SSSR count). The summed E-state index contributed by atoms with van der Waals surface area (Å²) in [7, 11) is 0. The molecule has 0 spiro atoms. The second-order valence-corrected chi connectivity index (χ2v) is 4.96. The fourth-order valence-corrected chi connectivity index (χ4v) is 2.63. The highest BCUT2D eigenvalue weighted by atomic mass is 16.3. The number of aromatic nitrogens is 1. The van der Waals surface area contributed by atoms with Crippen LogP contribution in [0, 0.1) is 0 Å². The maximum absolute atomic E-state index is 12.6. The first kappa shape index (κ1) is 14.6. The van der Waals surface area contributed by atoms with Crippen molar-refractivity contribution in [3.63, 3.8) is 0 Å². The Morgan fingerprint density at radius 2 is 2.00 bits per heavy atom. The van der Waals surface area contributed by atoms with Crippen molar-refractivity contribution in [2.75, 3.05) is 13.2 Å². The molecule has 0 saturated heterocycles. The standard InChI is InChI=1S/C16H22N2O2/c1-3-13(4-2)18(9-10-19)16(20)15-11-12-7-5-6-8-14(12)17-15/h5-8,11,13,17,19H,3-4,9-10H2,1-2H3. The Bertz CT molecular complexity index is 540. The summed E-state index contributed by atoms with van der Waals surface area (Å²) in [6, 6.07) is 9.89. The van der Waals surface area contributed by atoms with Crippen molar-refractivity contribution in [3.8, 4) is 0 Å². The van der Waals surface area contributed by atoms with Gasteiger partial charge in [-0.1, -0.05) is 32.0 Å². The zero-order valence-corrected chi connectivity index (χ0v) is 12.1. The van der Waals surface area contributed by atoms with Crippen LogP contribution in [0.5, 0.6) is 0 Å². The second kappa shape index (κ2) is 6.57. The minimum absolute atomic E-state index is 0.0114. The molecule has 0 atom stereocenters. The van der Waals surface area contributed by atoms with Gasteiger partial charge in [0.15, 0.2) is 0 Å². The smallest absolute Gasteiger partial charge is 0.270 e. The molecule has 2 aromatic rings. The molecule has 0 unspecified atom stereocenters. The van der Waals surface area contributed by atoms with Crippen LogP contribution < -0.4 is 0 Å². The molecule has 4 nitrogen and oxygen atoms in total. The van der Waals surface area contributed by atoms with Gasteiger partial charge in [0.05, 0.1) is 6.61 Å². The Morgan fingerprint density at radius 1 is 1.30 bits per heavy atom. The summed E-state index contributed by atoms with van der Waals surface area (Å²) in [5.74, 6) is -0.0380. The van der Waals surface area contributed by atoms with Crippen molar-refractivity contribution < 1.29 is 9.90 Å². The quantitative estimate of drug-likeness (QED) is 0.851. The first-order valence-electron chi connectivity index (χ1n) is 7.20. The van der Waals surface area contributed by atoms with E-state index in [0.717, 1.165) is 23.7 Å². The van der Waals surface area contributed by atoms with E-state index >= 15 is 0 Å². The van der Waals surface area contributed by atoms with Crippen molar-refractivity contribution in [2.24, 2.45) is 0 Å². The predicted octanol–water partition coefficient (Wildman–Crippen LogP) is 2.79. The fraction of sp³-hybridized carbons (Fsp3) is 0.438. The molecule has 1 aromatic heterocycles. The Morgan fingerprint density at radius 3 is 2.60 bits per heavy atom. The van der Waals surface area contributed by atoms with E-state index in [1.807, 2.05) is 30.3 Å². The zero-order valence-electron chi connectivity index (χ0n) is 12.1. The second-order valence-electron chi connectivity index (χ2n) is 4.96. The van der Waals surface area contributed by atoms with Crippen LogP contribution >= 0.6 is 0 Å². The molecular weight excluding hydrogens is 252 g/mol. The number of hydrogen-bond donors (Lipinski definition) is 2. The number of fused-ring (bicyclic) bond motifs is 1. The molecule has 0 radical (unpaired) electrons. The van der Waals surface area contributed by atoms with Crippen molar-refractivity contribution in [1.82, 2.24) is 9.88 Å². The first-order valence-corrected chi connectivity index (χ1v) is 7.20. The number of aliphatic hydroxyl groups excluding tert-OH is 1. The number of carbonyl (C=O) groups is 1. The largest absolute Gasteiger partial charge is 0.395 e.